The predicted molar refractivity (Wildman–Crippen MR) is 126 cm³/mol. The van der Waals surface area contributed by atoms with Crippen LogP contribution in [0.2, 0.25) is 0 Å². The Labute approximate surface area is 199 Å². The summed E-state index contributed by atoms with van der Waals surface area (Å²) in [4.78, 5) is 8.91. The number of fused-ring (bicyclic) bond motifs is 1. The van der Waals surface area contributed by atoms with Gasteiger partial charge in [-0.3, -0.25) is 0 Å². The summed E-state index contributed by atoms with van der Waals surface area (Å²) in [5.41, 5.74) is 4.97. The lowest BCUT2D eigenvalue weighted by molar-refractivity contribution is -0.0605. The highest BCUT2D eigenvalue weighted by Gasteiger charge is 2.47. The van der Waals surface area contributed by atoms with Gasteiger partial charge < -0.3 is 20.5 Å². The number of nitrogens with zero attached hydrogens (tertiary/aromatic N) is 3. The van der Waals surface area contributed by atoms with Gasteiger partial charge in [0.25, 0.3) is 10.2 Å². The van der Waals surface area contributed by atoms with Crippen LogP contribution in [0.4, 0.5) is 10.2 Å². The maximum atomic E-state index is 14.4. The maximum Gasteiger partial charge on any atom is 0.274 e. The predicted octanol–water partition coefficient (Wildman–Crippen LogP) is 0.270. The molecule has 0 fully saturated rings. The summed E-state index contributed by atoms with van der Waals surface area (Å²) in [6, 6.07) is 3.70. The van der Waals surface area contributed by atoms with Crippen LogP contribution < -0.4 is 15.6 Å². The van der Waals surface area contributed by atoms with Gasteiger partial charge in [-0.15, -0.1) is 11.8 Å². The minimum Gasteiger partial charge on any atom is -0.386 e. The molecule has 4 rings (SSSR count). The Morgan fingerprint density at radius 1 is 1.32 bits per heavy atom. The van der Waals surface area contributed by atoms with Crippen molar-refractivity contribution in [2.24, 2.45) is 5.14 Å². The fourth-order valence-electron chi connectivity index (χ4n) is 3.82. The smallest absolute Gasteiger partial charge is 0.274 e. The average molecular weight is 505 g/mol. The van der Waals surface area contributed by atoms with Crippen molar-refractivity contribution in [3.63, 3.8) is 0 Å². The molecule has 0 radical (unpaired) electrons. The van der Waals surface area contributed by atoms with E-state index in [1.807, 2.05) is 11.0 Å². The highest BCUT2D eigenvalue weighted by atomic mass is 32.2. The third kappa shape index (κ3) is 4.39. The molecular formula is C21H21FN6O4S2. The Bertz CT molecular complexity index is 1460. The summed E-state index contributed by atoms with van der Waals surface area (Å²) in [7, 11) is -4.14. The van der Waals surface area contributed by atoms with E-state index in [-0.39, 0.29) is 17.0 Å². The van der Waals surface area contributed by atoms with Gasteiger partial charge in [-0.25, -0.2) is 19.5 Å². The van der Waals surface area contributed by atoms with E-state index < -0.39 is 40.3 Å². The number of hydrogen-bond acceptors (Lipinski definition) is 8. The van der Waals surface area contributed by atoms with Crippen LogP contribution in [0.5, 0.6) is 0 Å². The quantitative estimate of drug-likeness (QED) is 0.187. The largest absolute Gasteiger partial charge is 0.386 e. The molecule has 0 spiro atoms. The average Bonchev–Trinajstić information content (AvgIpc) is 3.29. The second-order valence-electron chi connectivity index (χ2n) is 7.61. The lowest BCUT2D eigenvalue weighted by Gasteiger charge is -2.33. The highest BCUT2D eigenvalue weighted by molar-refractivity contribution is 7.98. The molecule has 1 aromatic carbocycles. The molecule has 10 nitrogen and oxygen atoms in total. The maximum absolute atomic E-state index is 14.4. The van der Waals surface area contributed by atoms with Crippen LogP contribution >= 0.6 is 11.8 Å². The number of anilines is 1. The Kier molecular flexibility index (Phi) is 6.38. The molecule has 2 heterocycles. The minimum atomic E-state index is -4.14. The molecule has 0 saturated heterocycles. The first-order valence-corrected chi connectivity index (χ1v) is 12.6. The standard InChI is InChI=1S/C21H21FN6O4S2/c1-33-15-4-2-3-14(22)13(15)6-5-12-9-28(20-18(12)19(23)25-11-26-20)16-7-8-17(29)21(16,30)10-27-34(24,31)32/h2-4,7-9,11,16-17,27,29-30H,10H2,1H3,(H2,23,25,26)(H2,24,31,32)/t16-,17-,21+/m1/s1. The number of aliphatic hydroxyl groups excluding tert-OH is 1. The van der Waals surface area contributed by atoms with Crippen molar-refractivity contribution in [3.8, 4) is 11.8 Å². The van der Waals surface area contributed by atoms with Gasteiger partial charge in [-0.05, 0) is 18.4 Å². The second kappa shape index (κ2) is 8.99. The summed E-state index contributed by atoms with van der Waals surface area (Å²) in [6.45, 7) is -0.571. The molecule has 1 aliphatic carbocycles. The number of hydrogen-bond donors (Lipinski definition) is 5. The van der Waals surface area contributed by atoms with Crippen LogP contribution in [0.1, 0.15) is 17.2 Å². The number of halogens is 1. The number of thioether (sulfide) groups is 1. The third-order valence-corrected chi connectivity index (χ3v) is 6.84. The van der Waals surface area contributed by atoms with Crippen molar-refractivity contribution in [1.82, 2.24) is 19.3 Å². The first-order valence-electron chi connectivity index (χ1n) is 9.87. The van der Waals surface area contributed by atoms with E-state index in [0.717, 1.165) is 0 Å². The number of benzene rings is 1. The van der Waals surface area contributed by atoms with Gasteiger partial charge >= 0.3 is 0 Å². The Morgan fingerprint density at radius 2 is 2.09 bits per heavy atom. The highest BCUT2D eigenvalue weighted by Crippen LogP contribution is 2.38. The van der Waals surface area contributed by atoms with Crippen LogP contribution in [0, 0.1) is 17.7 Å². The van der Waals surface area contributed by atoms with Gasteiger partial charge in [0, 0.05) is 17.6 Å². The van der Waals surface area contributed by atoms with Crippen molar-refractivity contribution < 1.29 is 23.0 Å². The van der Waals surface area contributed by atoms with Crippen molar-refractivity contribution in [3.05, 3.63) is 59.8 Å². The number of aliphatic hydroxyl groups is 2. The molecule has 0 amide bonds. The third-order valence-electron chi connectivity index (χ3n) is 5.51. The van der Waals surface area contributed by atoms with E-state index in [2.05, 4.69) is 21.8 Å². The lowest BCUT2D eigenvalue weighted by atomic mass is 9.94. The molecule has 3 aromatic rings. The second-order valence-corrected chi connectivity index (χ2v) is 9.83. The van der Waals surface area contributed by atoms with Crippen LogP contribution in [-0.4, -0.2) is 57.7 Å². The molecule has 1 aliphatic rings. The van der Waals surface area contributed by atoms with Crippen molar-refractivity contribution in [2.75, 3.05) is 18.5 Å². The Balaban J connectivity index is 1.85. The number of nitrogens with one attached hydrogen (secondary N) is 1. The number of nitrogens with two attached hydrogens (primary N) is 2. The summed E-state index contributed by atoms with van der Waals surface area (Å²) in [5.74, 6) is 5.39. The molecule has 3 atom stereocenters. The molecule has 7 N–H and O–H groups in total. The summed E-state index contributed by atoms with van der Waals surface area (Å²) in [5, 5.41) is 27.0. The first kappa shape index (κ1) is 24.1. The Morgan fingerprint density at radius 3 is 2.79 bits per heavy atom. The fourth-order valence-corrected chi connectivity index (χ4v) is 4.82. The van der Waals surface area contributed by atoms with Gasteiger partial charge in [0.15, 0.2) is 0 Å². The summed E-state index contributed by atoms with van der Waals surface area (Å²) >= 11 is 1.35. The molecule has 2 aromatic heterocycles. The van der Waals surface area contributed by atoms with Gasteiger partial charge in [0.2, 0.25) is 0 Å². The molecule has 178 valence electrons. The molecule has 13 heteroatoms. The van der Waals surface area contributed by atoms with E-state index in [9.17, 15) is 23.0 Å². The zero-order valence-corrected chi connectivity index (χ0v) is 19.4. The molecular weight excluding hydrogens is 483 g/mol. The molecule has 0 saturated carbocycles. The van der Waals surface area contributed by atoms with E-state index in [4.69, 9.17) is 10.9 Å². The summed E-state index contributed by atoms with van der Waals surface area (Å²) in [6.07, 6.45) is 6.02. The van der Waals surface area contributed by atoms with Crippen LogP contribution in [0.15, 0.2) is 47.8 Å². The van der Waals surface area contributed by atoms with Crippen LogP contribution in [-0.2, 0) is 10.2 Å². The van der Waals surface area contributed by atoms with Gasteiger partial charge in [-0.1, -0.05) is 30.1 Å². The zero-order chi connectivity index (χ0) is 24.7. The van der Waals surface area contributed by atoms with Gasteiger partial charge in [-0.2, -0.15) is 13.1 Å². The van der Waals surface area contributed by atoms with Crippen LogP contribution in [0.25, 0.3) is 11.0 Å². The fraction of sp³-hybridized carbons (Fsp3) is 0.238. The lowest BCUT2D eigenvalue weighted by Crippen LogP contribution is -2.54. The topological polar surface area (TPSA) is 169 Å². The van der Waals surface area contributed by atoms with Gasteiger partial charge in [0.1, 0.15) is 35.3 Å². The van der Waals surface area contributed by atoms with E-state index in [1.54, 1.807) is 12.1 Å². The Hall–Kier alpha value is -2.99. The normalized spacial score (nSPS) is 22.1. The molecule has 0 aliphatic heterocycles. The first-order chi connectivity index (χ1) is 16.0. The van der Waals surface area contributed by atoms with E-state index >= 15 is 0 Å². The minimum absolute atomic E-state index is 0.111. The molecule has 0 bridgehead atoms. The monoisotopic (exact) mass is 504 g/mol. The van der Waals surface area contributed by atoms with Crippen molar-refractivity contribution in [1.29, 1.82) is 0 Å². The number of rotatable bonds is 5. The molecule has 0 unspecified atom stereocenters. The van der Waals surface area contributed by atoms with Crippen LogP contribution in [0.3, 0.4) is 0 Å². The molecule has 34 heavy (non-hydrogen) atoms. The number of nitrogen functional groups attached to an aromatic ring is 1. The zero-order valence-electron chi connectivity index (χ0n) is 17.8. The van der Waals surface area contributed by atoms with Gasteiger partial charge in [0.05, 0.1) is 22.6 Å². The summed E-state index contributed by atoms with van der Waals surface area (Å²) < 4.78 is 40.7. The van der Waals surface area contributed by atoms with E-state index in [0.29, 0.717) is 15.8 Å². The van der Waals surface area contributed by atoms with E-state index in [1.165, 1.54) is 47.1 Å². The SMILES string of the molecule is CSc1cccc(F)c1C#Cc1cn([C@@H]2C=C[C@@H](O)[C@]2(O)CNS(N)(=O)=O)c2ncnc(N)c12. The van der Waals surface area contributed by atoms with Crippen molar-refractivity contribution >= 4 is 38.8 Å². The number of aromatic nitrogens is 3. The van der Waals surface area contributed by atoms with Crippen molar-refractivity contribution in [2.45, 2.75) is 22.6 Å².